The van der Waals surface area contributed by atoms with Crippen LogP contribution in [0.4, 0.5) is 17.3 Å². The first kappa shape index (κ1) is 18.2. The van der Waals surface area contributed by atoms with Gasteiger partial charge in [0.1, 0.15) is 0 Å². The molecule has 26 heavy (non-hydrogen) atoms. The average Bonchev–Trinajstić information content (AvgIpc) is 2.60. The molecule has 0 aliphatic heterocycles. The fraction of sp³-hybridized carbons (Fsp3) is 0.111. The Labute approximate surface area is 157 Å². The fourth-order valence-electron chi connectivity index (χ4n) is 2.25. The maximum Gasteiger partial charge on any atom is 0.263 e. The van der Waals surface area contributed by atoms with Gasteiger partial charge in [-0.05, 0) is 67.4 Å². The second-order valence-electron chi connectivity index (χ2n) is 5.79. The van der Waals surface area contributed by atoms with Crippen LogP contribution < -0.4 is 10.0 Å². The van der Waals surface area contributed by atoms with Crippen molar-refractivity contribution in [3.05, 3.63) is 70.7 Å². The molecule has 0 unspecified atom stereocenters. The van der Waals surface area contributed by atoms with Crippen LogP contribution in [0.25, 0.3) is 0 Å². The van der Waals surface area contributed by atoms with Crippen molar-refractivity contribution in [3.8, 4) is 0 Å². The van der Waals surface area contributed by atoms with Gasteiger partial charge in [-0.25, -0.2) is 8.42 Å². The lowest BCUT2D eigenvalue weighted by molar-refractivity contribution is 0.601. The molecule has 0 aliphatic carbocycles. The first-order valence-electron chi connectivity index (χ1n) is 7.80. The van der Waals surface area contributed by atoms with Gasteiger partial charge in [-0.3, -0.25) is 4.72 Å². The molecule has 0 fully saturated rings. The normalized spacial score (nSPS) is 11.2. The summed E-state index contributed by atoms with van der Waals surface area (Å²) in [7, 11) is -3.78. The summed E-state index contributed by atoms with van der Waals surface area (Å²) in [6.07, 6.45) is 0. The lowest BCUT2D eigenvalue weighted by Crippen LogP contribution is -2.14. The van der Waals surface area contributed by atoms with Crippen molar-refractivity contribution in [1.29, 1.82) is 0 Å². The number of sulfonamides is 1. The highest BCUT2D eigenvalue weighted by molar-refractivity contribution is 7.92. The second kappa shape index (κ2) is 7.31. The third kappa shape index (κ3) is 4.30. The molecular formula is C18H17ClN4O2S. The van der Waals surface area contributed by atoms with E-state index in [9.17, 15) is 8.42 Å². The maximum absolute atomic E-state index is 12.3. The first-order chi connectivity index (χ1) is 12.3. The number of anilines is 3. The van der Waals surface area contributed by atoms with Crippen LogP contribution in [0.2, 0.25) is 5.02 Å². The van der Waals surface area contributed by atoms with E-state index in [-0.39, 0.29) is 10.7 Å². The van der Waals surface area contributed by atoms with Gasteiger partial charge in [0.15, 0.2) is 11.6 Å². The lowest BCUT2D eigenvalue weighted by Gasteiger charge is -2.09. The minimum atomic E-state index is -3.78. The zero-order chi connectivity index (χ0) is 18.7. The number of nitrogens with one attached hydrogen (secondary N) is 2. The average molecular weight is 389 g/mol. The number of hydrogen-bond acceptors (Lipinski definition) is 5. The SMILES string of the molecule is Cc1ccc(Nc2ccc(NS(=O)(=O)c3cccc(Cl)c3)nn2)cc1C. The van der Waals surface area contributed by atoms with Gasteiger partial charge >= 0.3 is 0 Å². The van der Waals surface area contributed by atoms with E-state index in [0.717, 1.165) is 11.3 Å². The van der Waals surface area contributed by atoms with Crippen LogP contribution in [0.1, 0.15) is 11.1 Å². The zero-order valence-electron chi connectivity index (χ0n) is 14.2. The smallest absolute Gasteiger partial charge is 0.263 e. The van der Waals surface area contributed by atoms with Crippen molar-refractivity contribution >= 4 is 38.9 Å². The van der Waals surface area contributed by atoms with Gasteiger partial charge in [0.05, 0.1) is 4.90 Å². The summed E-state index contributed by atoms with van der Waals surface area (Å²) >= 11 is 5.84. The topological polar surface area (TPSA) is 84.0 Å². The van der Waals surface area contributed by atoms with E-state index in [4.69, 9.17) is 11.6 Å². The van der Waals surface area contributed by atoms with Crippen LogP contribution in [0, 0.1) is 13.8 Å². The van der Waals surface area contributed by atoms with Gasteiger partial charge in [-0.2, -0.15) is 0 Å². The molecule has 0 radical (unpaired) electrons. The Morgan fingerprint density at radius 1 is 0.885 bits per heavy atom. The largest absolute Gasteiger partial charge is 0.339 e. The standard InChI is InChI=1S/C18H17ClN4O2S/c1-12-6-7-15(10-13(12)2)20-17-8-9-18(22-21-17)23-26(24,25)16-5-3-4-14(19)11-16/h3-11H,1-2H3,(H,20,21)(H,22,23). The van der Waals surface area contributed by atoms with Gasteiger partial charge in [-0.15, -0.1) is 10.2 Å². The molecule has 6 nitrogen and oxygen atoms in total. The van der Waals surface area contributed by atoms with Crippen molar-refractivity contribution in [2.75, 3.05) is 10.0 Å². The quantitative estimate of drug-likeness (QED) is 0.681. The van der Waals surface area contributed by atoms with Crippen LogP contribution in [0.3, 0.4) is 0 Å². The van der Waals surface area contributed by atoms with Gasteiger partial charge < -0.3 is 5.32 Å². The summed E-state index contributed by atoms with van der Waals surface area (Å²) in [5.41, 5.74) is 3.25. The molecule has 0 atom stereocenters. The predicted octanol–water partition coefficient (Wildman–Crippen LogP) is 4.29. The zero-order valence-corrected chi connectivity index (χ0v) is 15.8. The number of halogens is 1. The van der Waals surface area contributed by atoms with Crippen LogP contribution in [0.5, 0.6) is 0 Å². The summed E-state index contributed by atoms with van der Waals surface area (Å²) in [5.74, 6) is 0.634. The summed E-state index contributed by atoms with van der Waals surface area (Å²) in [6.45, 7) is 4.07. The van der Waals surface area contributed by atoms with Crippen LogP contribution in [-0.2, 0) is 10.0 Å². The summed E-state index contributed by atoms with van der Waals surface area (Å²) in [5, 5.41) is 11.4. The summed E-state index contributed by atoms with van der Waals surface area (Å²) < 4.78 is 27.1. The van der Waals surface area contributed by atoms with Crippen molar-refractivity contribution in [3.63, 3.8) is 0 Å². The molecule has 1 aromatic heterocycles. The molecule has 0 saturated heterocycles. The molecule has 3 rings (SSSR count). The Hall–Kier alpha value is -2.64. The third-order valence-corrected chi connectivity index (χ3v) is 5.38. The van der Waals surface area contributed by atoms with Crippen LogP contribution >= 0.6 is 11.6 Å². The molecule has 2 aromatic carbocycles. The molecule has 0 saturated carbocycles. The third-order valence-electron chi connectivity index (χ3n) is 3.79. The van der Waals surface area contributed by atoms with Crippen molar-refractivity contribution < 1.29 is 8.42 Å². The molecule has 0 aliphatic rings. The Bertz CT molecular complexity index is 1040. The molecule has 134 valence electrons. The van der Waals surface area contributed by atoms with Crippen molar-refractivity contribution in [2.24, 2.45) is 0 Å². The summed E-state index contributed by atoms with van der Waals surface area (Å²) in [6, 6.07) is 15.2. The number of rotatable bonds is 5. The highest BCUT2D eigenvalue weighted by Gasteiger charge is 2.15. The lowest BCUT2D eigenvalue weighted by atomic mass is 10.1. The van der Waals surface area contributed by atoms with E-state index in [1.54, 1.807) is 24.3 Å². The van der Waals surface area contributed by atoms with E-state index in [2.05, 4.69) is 20.2 Å². The number of benzene rings is 2. The van der Waals surface area contributed by atoms with E-state index in [1.165, 1.54) is 17.7 Å². The molecule has 0 spiro atoms. The number of nitrogens with zero attached hydrogens (tertiary/aromatic N) is 2. The first-order valence-corrected chi connectivity index (χ1v) is 9.66. The Morgan fingerprint density at radius 2 is 1.62 bits per heavy atom. The molecule has 0 bridgehead atoms. The van der Waals surface area contributed by atoms with Crippen molar-refractivity contribution in [1.82, 2.24) is 10.2 Å². The van der Waals surface area contributed by atoms with E-state index in [0.29, 0.717) is 10.8 Å². The summed E-state index contributed by atoms with van der Waals surface area (Å²) in [4.78, 5) is 0.0594. The molecule has 2 N–H and O–H groups in total. The van der Waals surface area contributed by atoms with E-state index < -0.39 is 10.0 Å². The van der Waals surface area contributed by atoms with Gasteiger partial charge in [-0.1, -0.05) is 23.7 Å². The Balaban J connectivity index is 1.74. The Kier molecular flexibility index (Phi) is 5.11. The maximum atomic E-state index is 12.3. The van der Waals surface area contributed by atoms with Crippen molar-refractivity contribution in [2.45, 2.75) is 18.7 Å². The number of aryl methyl sites for hydroxylation is 2. The Morgan fingerprint density at radius 3 is 2.27 bits per heavy atom. The molecule has 1 heterocycles. The minimum Gasteiger partial charge on any atom is -0.339 e. The van der Waals surface area contributed by atoms with E-state index >= 15 is 0 Å². The molecule has 3 aromatic rings. The molecular weight excluding hydrogens is 372 g/mol. The number of aromatic nitrogens is 2. The predicted molar refractivity (Wildman–Crippen MR) is 103 cm³/mol. The fourth-order valence-corrected chi connectivity index (χ4v) is 3.55. The molecule has 0 amide bonds. The van der Waals surface area contributed by atoms with E-state index in [1.807, 2.05) is 32.0 Å². The van der Waals surface area contributed by atoms with Gasteiger partial charge in [0.25, 0.3) is 10.0 Å². The monoisotopic (exact) mass is 388 g/mol. The molecule has 8 heteroatoms. The van der Waals surface area contributed by atoms with Gasteiger partial charge in [0.2, 0.25) is 0 Å². The second-order valence-corrected chi connectivity index (χ2v) is 7.91. The number of hydrogen-bond donors (Lipinski definition) is 2. The minimum absolute atomic E-state index is 0.0594. The van der Waals surface area contributed by atoms with Crippen LogP contribution in [-0.4, -0.2) is 18.6 Å². The highest BCUT2D eigenvalue weighted by atomic mass is 35.5. The van der Waals surface area contributed by atoms with Crippen LogP contribution in [0.15, 0.2) is 59.5 Å². The van der Waals surface area contributed by atoms with Gasteiger partial charge in [0, 0.05) is 10.7 Å². The highest BCUT2D eigenvalue weighted by Crippen LogP contribution is 2.20.